The molecule has 1 saturated heterocycles. The quantitative estimate of drug-likeness (QED) is 0.877. The highest BCUT2D eigenvalue weighted by atomic mass is 32.1. The summed E-state index contributed by atoms with van der Waals surface area (Å²) in [4.78, 5) is 15.7. The van der Waals surface area contributed by atoms with Crippen LogP contribution < -0.4 is 10.6 Å². The van der Waals surface area contributed by atoms with Crippen LogP contribution in [0.2, 0.25) is 0 Å². The molecule has 4 nitrogen and oxygen atoms in total. The number of alkyl halides is 3. The van der Waals surface area contributed by atoms with Crippen molar-refractivity contribution < 1.29 is 18.0 Å². The van der Waals surface area contributed by atoms with E-state index < -0.39 is 17.5 Å². The molecule has 8 heteroatoms. The molecular formula is C10H12F3N3OS. The summed E-state index contributed by atoms with van der Waals surface area (Å²) in [7, 11) is 0. The predicted octanol–water partition coefficient (Wildman–Crippen LogP) is 1.30. The highest BCUT2D eigenvalue weighted by Crippen LogP contribution is 2.43. The number of carbonyl (C=O) groups excluding carboxylic acids is 1. The zero-order valence-electron chi connectivity index (χ0n) is 9.38. The number of nitrogens with zero attached hydrogens (tertiary/aromatic N) is 1. The molecule has 1 aromatic rings. The molecule has 2 heterocycles. The van der Waals surface area contributed by atoms with Gasteiger partial charge in [0.25, 0.3) is 0 Å². The number of rotatable bonds is 3. The van der Waals surface area contributed by atoms with E-state index in [0.29, 0.717) is 5.69 Å². The second-order valence-corrected chi connectivity index (χ2v) is 4.89. The van der Waals surface area contributed by atoms with Crippen molar-refractivity contribution in [3.8, 4) is 0 Å². The maximum absolute atomic E-state index is 13.0. The molecule has 1 amide bonds. The standard InChI is InChI=1S/C10H12F3N3OS/c11-10(12,13)9(1-2-14-5-9)8(17)15-3-7-4-18-6-16-7/h4,6,14H,1-3,5H2,(H,15,17). The summed E-state index contributed by atoms with van der Waals surface area (Å²) in [5, 5.41) is 6.61. The van der Waals surface area contributed by atoms with Crippen LogP contribution in [-0.4, -0.2) is 30.2 Å². The lowest BCUT2D eigenvalue weighted by atomic mass is 9.85. The number of hydrogen-bond donors (Lipinski definition) is 2. The Bertz CT molecular complexity index is 413. The first-order valence-corrected chi connectivity index (χ1v) is 6.33. The van der Waals surface area contributed by atoms with Crippen LogP contribution >= 0.6 is 11.3 Å². The molecule has 100 valence electrons. The Morgan fingerprint density at radius 3 is 2.89 bits per heavy atom. The van der Waals surface area contributed by atoms with Crippen molar-refractivity contribution in [2.75, 3.05) is 13.1 Å². The van der Waals surface area contributed by atoms with Gasteiger partial charge in [0.05, 0.1) is 17.7 Å². The van der Waals surface area contributed by atoms with Gasteiger partial charge in [-0.1, -0.05) is 0 Å². The highest BCUT2D eigenvalue weighted by molar-refractivity contribution is 7.07. The summed E-state index contributed by atoms with van der Waals surface area (Å²) >= 11 is 1.33. The smallest absolute Gasteiger partial charge is 0.350 e. The first-order chi connectivity index (χ1) is 8.46. The van der Waals surface area contributed by atoms with Gasteiger partial charge in [-0.3, -0.25) is 4.79 Å². The van der Waals surface area contributed by atoms with Gasteiger partial charge >= 0.3 is 6.18 Å². The van der Waals surface area contributed by atoms with Gasteiger partial charge in [-0.05, 0) is 13.0 Å². The van der Waals surface area contributed by atoms with E-state index in [-0.39, 0.29) is 26.1 Å². The minimum atomic E-state index is -4.54. The molecule has 1 fully saturated rings. The van der Waals surface area contributed by atoms with Crippen LogP contribution in [0.25, 0.3) is 0 Å². The topological polar surface area (TPSA) is 54.0 Å². The van der Waals surface area contributed by atoms with Crippen molar-refractivity contribution in [1.29, 1.82) is 0 Å². The van der Waals surface area contributed by atoms with Gasteiger partial charge in [0.2, 0.25) is 5.91 Å². The molecule has 2 N–H and O–H groups in total. The van der Waals surface area contributed by atoms with E-state index in [4.69, 9.17) is 0 Å². The lowest BCUT2D eigenvalue weighted by molar-refractivity contribution is -0.216. The third-order valence-electron chi connectivity index (χ3n) is 3.05. The van der Waals surface area contributed by atoms with Gasteiger partial charge in [0, 0.05) is 11.9 Å². The largest absolute Gasteiger partial charge is 0.404 e. The molecule has 1 aromatic heterocycles. The van der Waals surface area contributed by atoms with Crippen LogP contribution in [0.1, 0.15) is 12.1 Å². The molecule has 1 aliphatic rings. The molecule has 1 aliphatic heterocycles. The van der Waals surface area contributed by atoms with E-state index in [9.17, 15) is 18.0 Å². The Balaban J connectivity index is 2.05. The number of halogens is 3. The molecule has 0 aromatic carbocycles. The van der Waals surface area contributed by atoms with E-state index in [1.807, 2.05) is 0 Å². The molecular weight excluding hydrogens is 267 g/mol. The second kappa shape index (κ2) is 4.85. The molecule has 18 heavy (non-hydrogen) atoms. The lowest BCUT2D eigenvalue weighted by Crippen LogP contribution is -2.52. The summed E-state index contributed by atoms with van der Waals surface area (Å²) in [5.41, 5.74) is -0.169. The average Bonchev–Trinajstić information content (AvgIpc) is 2.96. The zero-order chi connectivity index (χ0) is 13.2. The van der Waals surface area contributed by atoms with Gasteiger partial charge in [-0.2, -0.15) is 13.2 Å². The van der Waals surface area contributed by atoms with Gasteiger partial charge < -0.3 is 10.6 Å². The summed E-state index contributed by atoms with van der Waals surface area (Å²) in [6, 6.07) is 0. The van der Waals surface area contributed by atoms with Gasteiger partial charge in [0.1, 0.15) is 0 Å². The molecule has 0 spiro atoms. The van der Waals surface area contributed by atoms with Crippen molar-refractivity contribution in [2.24, 2.45) is 5.41 Å². The fraction of sp³-hybridized carbons (Fsp3) is 0.600. The highest BCUT2D eigenvalue weighted by Gasteiger charge is 2.61. The van der Waals surface area contributed by atoms with Gasteiger partial charge in [-0.15, -0.1) is 11.3 Å². The Hall–Kier alpha value is -1.15. The maximum Gasteiger partial charge on any atom is 0.404 e. The first-order valence-electron chi connectivity index (χ1n) is 5.38. The van der Waals surface area contributed by atoms with Crippen LogP contribution in [0.15, 0.2) is 10.9 Å². The molecule has 2 rings (SSSR count). The number of amides is 1. The monoisotopic (exact) mass is 279 g/mol. The maximum atomic E-state index is 13.0. The molecule has 0 aliphatic carbocycles. The zero-order valence-corrected chi connectivity index (χ0v) is 10.2. The van der Waals surface area contributed by atoms with E-state index >= 15 is 0 Å². The van der Waals surface area contributed by atoms with E-state index in [0.717, 1.165) is 0 Å². The van der Waals surface area contributed by atoms with Gasteiger partial charge in [-0.25, -0.2) is 4.98 Å². The van der Waals surface area contributed by atoms with Crippen LogP contribution in [0.5, 0.6) is 0 Å². The Kier molecular flexibility index (Phi) is 3.58. The van der Waals surface area contributed by atoms with Crippen molar-refractivity contribution in [3.05, 3.63) is 16.6 Å². The van der Waals surface area contributed by atoms with Crippen molar-refractivity contribution >= 4 is 17.2 Å². The van der Waals surface area contributed by atoms with Crippen molar-refractivity contribution in [3.63, 3.8) is 0 Å². The van der Waals surface area contributed by atoms with E-state index in [2.05, 4.69) is 15.6 Å². The molecule has 1 unspecified atom stereocenters. The number of carbonyl (C=O) groups is 1. The molecule has 0 radical (unpaired) electrons. The summed E-state index contributed by atoms with van der Waals surface area (Å²) in [5.74, 6) is -0.979. The minimum Gasteiger partial charge on any atom is -0.350 e. The molecule has 0 saturated carbocycles. The third kappa shape index (κ3) is 2.35. The van der Waals surface area contributed by atoms with Crippen LogP contribution in [-0.2, 0) is 11.3 Å². The predicted molar refractivity (Wildman–Crippen MR) is 59.9 cm³/mol. The minimum absolute atomic E-state index is 0.0279. The van der Waals surface area contributed by atoms with Crippen LogP contribution in [0.4, 0.5) is 13.2 Å². The van der Waals surface area contributed by atoms with E-state index in [1.54, 1.807) is 10.9 Å². The Morgan fingerprint density at radius 2 is 2.39 bits per heavy atom. The Morgan fingerprint density at radius 1 is 1.61 bits per heavy atom. The number of hydrogen-bond acceptors (Lipinski definition) is 4. The lowest BCUT2D eigenvalue weighted by Gasteiger charge is -2.29. The van der Waals surface area contributed by atoms with Crippen molar-refractivity contribution in [1.82, 2.24) is 15.6 Å². The average molecular weight is 279 g/mol. The number of thiazole rings is 1. The number of aromatic nitrogens is 1. The first kappa shape index (κ1) is 13.3. The van der Waals surface area contributed by atoms with E-state index in [1.165, 1.54) is 11.3 Å². The Labute approximate surface area is 106 Å². The fourth-order valence-corrected chi connectivity index (χ4v) is 2.48. The molecule has 0 bridgehead atoms. The summed E-state index contributed by atoms with van der Waals surface area (Å²) < 4.78 is 39.1. The molecule has 1 atom stereocenters. The third-order valence-corrected chi connectivity index (χ3v) is 3.68. The summed E-state index contributed by atoms with van der Waals surface area (Å²) in [6.07, 6.45) is -4.76. The van der Waals surface area contributed by atoms with Gasteiger partial charge in [0.15, 0.2) is 5.41 Å². The normalized spacial score (nSPS) is 24.2. The number of nitrogens with one attached hydrogen (secondary N) is 2. The second-order valence-electron chi connectivity index (χ2n) is 4.17. The fourth-order valence-electron chi connectivity index (χ4n) is 1.92. The SMILES string of the molecule is O=C(NCc1cscn1)C1(C(F)(F)F)CCNC1. The van der Waals surface area contributed by atoms with Crippen molar-refractivity contribution in [2.45, 2.75) is 19.1 Å². The summed E-state index contributed by atoms with van der Waals surface area (Å²) in [6.45, 7) is -0.136. The van der Waals surface area contributed by atoms with Crippen LogP contribution in [0.3, 0.4) is 0 Å². The van der Waals surface area contributed by atoms with Crippen LogP contribution in [0, 0.1) is 5.41 Å².